The lowest BCUT2D eigenvalue weighted by Crippen LogP contribution is -2.51. The lowest BCUT2D eigenvalue weighted by molar-refractivity contribution is -0.138. The Morgan fingerprint density at radius 3 is 2.95 bits per heavy atom. The molecule has 116 valence electrons. The Balaban J connectivity index is 1.64. The van der Waals surface area contributed by atoms with Crippen molar-refractivity contribution in [2.24, 2.45) is 5.73 Å². The number of hydrogen-bond acceptors (Lipinski definition) is 4. The van der Waals surface area contributed by atoms with Crippen LogP contribution in [0.1, 0.15) is 19.3 Å². The highest BCUT2D eigenvalue weighted by Crippen LogP contribution is 2.22. The number of piperidine rings is 1. The number of imidazole rings is 1. The largest absolute Gasteiger partial charge is 0.368 e. The highest BCUT2D eigenvalue weighted by Gasteiger charge is 2.30. The second-order valence-electron chi connectivity index (χ2n) is 5.35. The Hall–Kier alpha value is -2.02. The molecule has 0 unspecified atom stereocenters. The van der Waals surface area contributed by atoms with Crippen molar-refractivity contribution in [2.45, 2.75) is 30.5 Å². The Bertz CT molecular complexity index is 667. The predicted molar refractivity (Wildman–Crippen MR) is 85.4 cm³/mol. The normalized spacial score (nSPS) is 18.5. The smallest absolute Gasteiger partial charge is 0.240 e. The summed E-state index contributed by atoms with van der Waals surface area (Å²) in [5.41, 5.74) is 7.22. The predicted octanol–water partition coefficient (Wildman–Crippen LogP) is 1.52. The van der Waals surface area contributed by atoms with E-state index in [1.165, 1.54) is 11.8 Å². The first kappa shape index (κ1) is 14.9. The van der Waals surface area contributed by atoms with Crippen molar-refractivity contribution in [2.75, 3.05) is 12.3 Å². The third-order valence-corrected chi connectivity index (χ3v) is 4.71. The summed E-state index contributed by atoms with van der Waals surface area (Å²) in [6.45, 7) is 0.604. The van der Waals surface area contributed by atoms with Gasteiger partial charge in [0, 0.05) is 6.54 Å². The number of aromatic amines is 1. The molecule has 1 fully saturated rings. The molecular weight excluding hydrogens is 300 g/mol. The van der Waals surface area contributed by atoms with E-state index in [9.17, 15) is 9.59 Å². The monoisotopic (exact) mass is 318 g/mol. The Labute approximate surface area is 132 Å². The van der Waals surface area contributed by atoms with Gasteiger partial charge in [0.25, 0.3) is 0 Å². The van der Waals surface area contributed by atoms with Crippen LogP contribution in [-0.2, 0) is 9.59 Å². The summed E-state index contributed by atoms with van der Waals surface area (Å²) in [5, 5.41) is 0.710. The standard InChI is InChI=1S/C15H18N4O2S/c16-14(21)12-7-3-4-8-19(12)13(20)9-22-15-17-10-5-1-2-6-11(10)18-15/h1-2,5-6,12H,3-4,7-9H2,(H2,16,21)(H,17,18)/t12-/m0/s1. The highest BCUT2D eigenvalue weighted by atomic mass is 32.2. The van der Waals surface area contributed by atoms with E-state index in [1.54, 1.807) is 4.90 Å². The molecule has 2 aromatic rings. The van der Waals surface area contributed by atoms with Gasteiger partial charge < -0.3 is 15.6 Å². The van der Waals surface area contributed by atoms with E-state index in [4.69, 9.17) is 5.73 Å². The number of nitrogens with one attached hydrogen (secondary N) is 1. The van der Waals surface area contributed by atoms with Gasteiger partial charge in [0.1, 0.15) is 6.04 Å². The quantitative estimate of drug-likeness (QED) is 0.836. The Morgan fingerprint density at radius 2 is 2.18 bits per heavy atom. The molecule has 3 N–H and O–H groups in total. The molecular formula is C15H18N4O2S. The molecule has 1 aliphatic rings. The summed E-state index contributed by atoms with van der Waals surface area (Å²) >= 11 is 1.35. The molecule has 1 saturated heterocycles. The number of carbonyl (C=O) groups excluding carboxylic acids is 2. The van der Waals surface area contributed by atoms with Crippen molar-refractivity contribution in [1.82, 2.24) is 14.9 Å². The second kappa shape index (κ2) is 6.39. The van der Waals surface area contributed by atoms with Crippen molar-refractivity contribution in [3.05, 3.63) is 24.3 Å². The van der Waals surface area contributed by atoms with Crippen LogP contribution < -0.4 is 5.73 Å². The van der Waals surface area contributed by atoms with Gasteiger partial charge in [0.2, 0.25) is 11.8 Å². The average Bonchev–Trinajstić information content (AvgIpc) is 2.95. The van der Waals surface area contributed by atoms with Crippen molar-refractivity contribution in [3.8, 4) is 0 Å². The summed E-state index contributed by atoms with van der Waals surface area (Å²) in [6, 6.07) is 7.27. The first-order chi connectivity index (χ1) is 10.6. The van der Waals surface area contributed by atoms with Crippen molar-refractivity contribution in [3.63, 3.8) is 0 Å². The minimum atomic E-state index is -0.461. The summed E-state index contributed by atoms with van der Waals surface area (Å²) in [5.74, 6) is -0.223. The van der Waals surface area contributed by atoms with Gasteiger partial charge >= 0.3 is 0 Å². The lowest BCUT2D eigenvalue weighted by Gasteiger charge is -2.33. The molecule has 0 spiro atoms. The van der Waals surface area contributed by atoms with Crippen LogP contribution in [0.5, 0.6) is 0 Å². The van der Waals surface area contributed by atoms with Crippen LogP contribution in [0.3, 0.4) is 0 Å². The van der Waals surface area contributed by atoms with Gasteiger partial charge in [-0.3, -0.25) is 9.59 Å². The van der Waals surface area contributed by atoms with E-state index < -0.39 is 11.9 Å². The SMILES string of the molecule is NC(=O)[C@@H]1CCCCN1C(=O)CSc1nc2ccccc2[nH]1. The van der Waals surface area contributed by atoms with Crippen molar-refractivity contribution in [1.29, 1.82) is 0 Å². The third kappa shape index (κ3) is 3.09. The molecule has 22 heavy (non-hydrogen) atoms. The molecule has 2 heterocycles. The van der Waals surface area contributed by atoms with E-state index in [2.05, 4.69) is 9.97 Å². The summed E-state index contributed by atoms with van der Waals surface area (Å²) < 4.78 is 0. The van der Waals surface area contributed by atoms with Gasteiger partial charge in [-0.25, -0.2) is 4.98 Å². The number of amides is 2. The molecule has 6 nitrogen and oxygen atoms in total. The maximum Gasteiger partial charge on any atom is 0.240 e. The first-order valence-electron chi connectivity index (χ1n) is 7.31. The van der Waals surface area contributed by atoms with E-state index >= 15 is 0 Å². The third-order valence-electron chi connectivity index (χ3n) is 3.85. The lowest BCUT2D eigenvalue weighted by atomic mass is 10.0. The van der Waals surface area contributed by atoms with Gasteiger partial charge in [-0.1, -0.05) is 23.9 Å². The fourth-order valence-electron chi connectivity index (χ4n) is 2.74. The highest BCUT2D eigenvalue weighted by molar-refractivity contribution is 7.99. The van der Waals surface area contributed by atoms with Crippen LogP contribution in [0, 0.1) is 0 Å². The molecule has 1 aromatic carbocycles. The molecule has 7 heteroatoms. The van der Waals surface area contributed by atoms with E-state index in [0.717, 1.165) is 23.9 Å². The maximum atomic E-state index is 12.4. The van der Waals surface area contributed by atoms with Crippen LogP contribution in [0.4, 0.5) is 0 Å². The number of nitrogens with two attached hydrogens (primary N) is 1. The fourth-order valence-corrected chi connectivity index (χ4v) is 3.51. The second-order valence-corrected chi connectivity index (χ2v) is 6.31. The number of carbonyl (C=O) groups is 2. The zero-order chi connectivity index (χ0) is 15.5. The number of para-hydroxylation sites is 2. The summed E-state index contributed by atoms with van der Waals surface area (Å²) in [6.07, 6.45) is 2.52. The minimum absolute atomic E-state index is 0.0612. The molecule has 0 aliphatic carbocycles. The minimum Gasteiger partial charge on any atom is -0.368 e. The molecule has 0 bridgehead atoms. The van der Waals surface area contributed by atoms with Crippen LogP contribution in [0.15, 0.2) is 29.4 Å². The molecule has 2 amide bonds. The number of nitrogens with zero attached hydrogens (tertiary/aromatic N) is 2. The van der Waals surface area contributed by atoms with Gasteiger partial charge in [0.05, 0.1) is 16.8 Å². The first-order valence-corrected chi connectivity index (χ1v) is 8.30. The number of primary amides is 1. The van der Waals surface area contributed by atoms with E-state index in [-0.39, 0.29) is 11.7 Å². The Morgan fingerprint density at radius 1 is 1.36 bits per heavy atom. The summed E-state index contributed by atoms with van der Waals surface area (Å²) in [4.78, 5) is 33.0. The Kier molecular flexibility index (Phi) is 4.33. The van der Waals surface area contributed by atoms with Gasteiger partial charge in [-0.05, 0) is 31.4 Å². The number of benzene rings is 1. The number of likely N-dealkylation sites (tertiary alicyclic amines) is 1. The number of fused-ring (bicyclic) bond motifs is 1. The molecule has 3 rings (SSSR count). The van der Waals surface area contributed by atoms with Crippen LogP contribution in [0.2, 0.25) is 0 Å². The van der Waals surface area contributed by atoms with Gasteiger partial charge in [-0.2, -0.15) is 0 Å². The van der Waals surface area contributed by atoms with Gasteiger partial charge in [0.15, 0.2) is 5.16 Å². The number of thioether (sulfide) groups is 1. The molecule has 1 atom stereocenters. The zero-order valence-corrected chi connectivity index (χ0v) is 12.9. The molecule has 1 aliphatic heterocycles. The summed E-state index contributed by atoms with van der Waals surface area (Å²) in [7, 11) is 0. The number of aromatic nitrogens is 2. The average molecular weight is 318 g/mol. The van der Waals surface area contributed by atoms with Crippen LogP contribution in [0.25, 0.3) is 11.0 Å². The van der Waals surface area contributed by atoms with E-state index in [1.807, 2.05) is 24.3 Å². The molecule has 1 aromatic heterocycles. The van der Waals surface area contributed by atoms with Crippen LogP contribution >= 0.6 is 11.8 Å². The van der Waals surface area contributed by atoms with Crippen molar-refractivity contribution < 1.29 is 9.59 Å². The maximum absolute atomic E-state index is 12.4. The number of hydrogen-bond donors (Lipinski definition) is 2. The fraction of sp³-hybridized carbons (Fsp3) is 0.400. The molecule has 0 saturated carbocycles. The van der Waals surface area contributed by atoms with E-state index in [0.29, 0.717) is 18.1 Å². The van der Waals surface area contributed by atoms with Crippen molar-refractivity contribution >= 4 is 34.6 Å². The number of rotatable bonds is 4. The molecule has 0 radical (unpaired) electrons. The zero-order valence-electron chi connectivity index (χ0n) is 12.1. The van der Waals surface area contributed by atoms with Gasteiger partial charge in [-0.15, -0.1) is 0 Å². The topological polar surface area (TPSA) is 92.1 Å². The van der Waals surface area contributed by atoms with Crippen LogP contribution in [-0.4, -0.2) is 45.0 Å². The number of H-pyrrole nitrogens is 1.